The third-order valence-electron chi connectivity index (χ3n) is 4.43. The second-order valence-electron chi connectivity index (χ2n) is 5.75. The van der Waals surface area contributed by atoms with Gasteiger partial charge in [0.2, 0.25) is 0 Å². The molecule has 0 spiro atoms. The summed E-state index contributed by atoms with van der Waals surface area (Å²) in [5, 5.41) is 3.50. The lowest BCUT2D eigenvalue weighted by atomic mass is 10.1. The summed E-state index contributed by atoms with van der Waals surface area (Å²) in [6.07, 6.45) is 3.07. The van der Waals surface area contributed by atoms with Gasteiger partial charge in [-0.05, 0) is 26.8 Å². The van der Waals surface area contributed by atoms with Gasteiger partial charge in [-0.15, -0.1) is 0 Å². The Labute approximate surface area is 127 Å². The zero-order valence-electron chi connectivity index (χ0n) is 12.7. The van der Waals surface area contributed by atoms with E-state index in [1.807, 2.05) is 25.7 Å². The highest BCUT2D eigenvalue weighted by Gasteiger charge is 2.40. The smallest absolute Gasteiger partial charge is 0.282 e. The molecule has 2 saturated heterocycles. The van der Waals surface area contributed by atoms with Gasteiger partial charge in [0.05, 0.1) is 0 Å². The first kappa shape index (κ1) is 16.5. The predicted molar refractivity (Wildman–Crippen MR) is 85.3 cm³/mol. The first-order valence-electron chi connectivity index (χ1n) is 7.53. The molecule has 0 saturated carbocycles. The summed E-state index contributed by atoms with van der Waals surface area (Å²) in [7, 11) is -1.43. The molecule has 2 heterocycles. The van der Waals surface area contributed by atoms with Crippen molar-refractivity contribution in [2.75, 3.05) is 32.4 Å². The van der Waals surface area contributed by atoms with Crippen LogP contribution in [0.5, 0.6) is 0 Å². The minimum Gasteiger partial charge on any atom is -0.318 e. The van der Waals surface area contributed by atoms with Gasteiger partial charge in [-0.3, -0.25) is 0 Å². The summed E-state index contributed by atoms with van der Waals surface area (Å²) < 4.78 is 29.5. The maximum atomic E-state index is 13.0. The molecule has 0 aromatic heterocycles. The summed E-state index contributed by atoms with van der Waals surface area (Å²) in [5.74, 6) is 0.898. The Morgan fingerprint density at radius 3 is 2.65 bits per heavy atom. The monoisotopic (exact) mass is 321 g/mol. The van der Waals surface area contributed by atoms with Gasteiger partial charge in [0.15, 0.2) is 0 Å². The van der Waals surface area contributed by atoms with E-state index in [-0.39, 0.29) is 12.1 Å². The molecule has 2 aliphatic rings. The second-order valence-corrected chi connectivity index (χ2v) is 9.07. The van der Waals surface area contributed by atoms with Crippen molar-refractivity contribution in [3.8, 4) is 0 Å². The summed E-state index contributed by atoms with van der Waals surface area (Å²) in [6, 6.07) is 0.187. The lowest BCUT2D eigenvalue weighted by Gasteiger charge is -2.42. The number of thioether (sulfide) groups is 1. The lowest BCUT2D eigenvalue weighted by Crippen LogP contribution is -2.58. The average Bonchev–Trinajstić information content (AvgIpc) is 2.42. The molecule has 0 aromatic rings. The van der Waals surface area contributed by atoms with Crippen LogP contribution in [0.15, 0.2) is 0 Å². The molecule has 3 unspecified atom stereocenters. The van der Waals surface area contributed by atoms with Crippen LogP contribution < -0.4 is 5.32 Å². The quantitative estimate of drug-likeness (QED) is 0.843. The van der Waals surface area contributed by atoms with E-state index in [9.17, 15) is 8.42 Å². The van der Waals surface area contributed by atoms with Crippen LogP contribution in [0.3, 0.4) is 0 Å². The fourth-order valence-corrected chi connectivity index (χ4v) is 6.49. The summed E-state index contributed by atoms with van der Waals surface area (Å²) in [6.45, 7) is 6.20. The molecule has 0 amide bonds. The number of likely N-dealkylation sites (N-methyl/N-ethyl adjacent to an activating group) is 1. The highest BCUT2D eigenvalue weighted by atomic mass is 32.2. The van der Waals surface area contributed by atoms with E-state index in [1.54, 1.807) is 8.61 Å². The molecule has 2 fully saturated rings. The summed E-state index contributed by atoms with van der Waals surface area (Å²) >= 11 is 1.87. The molecule has 0 aromatic carbocycles. The molecule has 5 nitrogen and oxygen atoms in total. The largest absolute Gasteiger partial charge is 0.318 e. The van der Waals surface area contributed by atoms with Crippen LogP contribution in [0.25, 0.3) is 0 Å². The van der Waals surface area contributed by atoms with Gasteiger partial charge in [-0.25, -0.2) is 0 Å². The molecule has 2 aliphatic heterocycles. The number of hydrogen-bond donors (Lipinski definition) is 1. The van der Waals surface area contributed by atoms with Crippen molar-refractivity contribution < 1.29 is 8.42 Å². The van der Waals surface area contributed by atoms with Crippen molar-refractivity contribution in [3.05, 3.63) is 0 Å². The normalized spacial score (nSPS) is 34.2. The van der Waals surface area contributed by atoms with Crippen molar-refractivity contribution >= 4 is 22.0 Å². The van der Waals surface area contributed by atoms with Crippen LogP contribution in [0.1, 0.15) is 33.1 Å². The number of hydrogen-bond acceptors (Lipinski definition) is 4. The van der Waals surface area contributed by atoms with Gasteiger partial charge in [0.25, 0.3) is 10.2 Å². The van der Waals surface area contributed by atoms with Gasteiger partial charge in [-0.1, -0.05) is 13.3 Å². The number of piperidine rings is 1. The highest BCUT2D eigenvalue weighted by Crippen LogP contribution is 2.30. The summed E-state index contributed by atoms with van der Waals surface area (Å²) in [4.78, 5) is 0. The van der Waals surface area contributed by atoms with Gasteiger partial charge >= 0.3 is 0 Å². The first-order chi connectivity index (χ1) is 9.48. The van der Waals surface area contributed by atoms with Crippen LogP contribution in [-0.4, -0.2) is 66.8 Å². The molecule has 3 atom stereocenters. The van der Waals surface area contributed by atoms with Crippen LogP contribution in [0, 0.1) is 0 Å². The van der Waals surface area contributed by atoms with E-state index < -0.39 is 10.2 Å². The molecule has 0 aliphatic carbocycles. The average molecular weight is 322 g/mol. The van der Waals surface area contributed by atoms with Crippen LogP contribution in [-0.2, 0) is 10.2 Å². The Kier molecular flexibility index (Phi) is 5.76. The maximum Gasteiger partial charge on any atom is 0.282 e. The molecule has 0 bridgehead atoms. The van der Waals surface area contributed by atoms with E-state index >= 15 is 0 Å². The Morgan fingerprint density at radius 2 is 1.95 bits per heavy atom. The van der Waals surface area contributed by atoms with Crippen molar-refractivity contribution in [1.29, 1.82) is 0 Å². The molecular weight excluding hydrogens is 294 g/mol. The van der Waals surface area contributed by atoms with E-state index in [2.05, 4.69) is 12.2 Å². The van der Waals surface area contributed by atoms with Crippen molar-refractivity contribution in [1.82, 2.24) is 13.9 Å². The van der Waals surface area contributed by atoms with Crippen LogP contribution >= 0.6 is 11.8 Å². The predicted octanol–water partition coefficient (Wildman–Crippen LogP) is 1.13. The number of rotatable bonds is 4. The van der Waals surface area contributed by atoms with Crippen molar-refractivity contribution in [2.24, 2.45) is 0 Å². The SMILES string of the molecule is CNCC1CCCCN1S(=O)(=O)N1CCSC(C)C1C. The zero-order valence-corrected chi connectivity index (χ0v) is 14.3. The lowest BCUT2D eigenvalue weighted by molar-refractivity contribution is 0.218. The second kappa shape index (κ2) is 6.96. The third kappa shape index (κ3) is 3.32. The molecule has 118 valence electrons. The van der Waals surface area contributed by atoms with Crippen LogP contribution in [0.4, 0.5) is 0 Å². The molecule has 0 radical (unpaired) electrons. The molecule has 7 heteroatoms. The van der Waals surface area contributed by atoms with E-state index in [4.69, 9.17) is 0 Å². The minimum absolute atomic E-state index is 0.0795. The molecular formula is C13H27N3O2S2. The van der Waals surface area contributed by atoms with E-state index in [0.717, 1.165) is 31.6 Å². The fourth-order valence-electron chi connectivity index (χ4n) is 3.08. The Morgan fingerprint density at radius 1 is 1.20 bits per heavy atom. The number of nitrogens with zero attached hydrogens (tertiary/aromatic N) is 2. The van der Waals surface area contributed by atoms with E-state index in [1.165, 1.54) is 0 Å². The molecule has 1 N–H and O–H groups in total. The number of nitrogens with one attached hydrogen (secondary N) is 1. The first-order valence-corrected chi connectivity index (χ1v) is 9.98. The van der Waals surface area contributed by atoms with E-state index in [0.29, 0.717) is 18.3 Å². The Balaban J connectivity index is 2.18. The van der Waals surface area contributed by atoms with Gasteiger partial charge in [0, 0.05) is 42.7 Å². The van der Waals surface area contributed by atoms with Crippen molar-refractivity contribution in [3.63, 3.8) is 0 Å². The van der Waals surface area contributed by atoms with Gasteiger partial charge in [-0.2, -0.15) is 28.8 Å². The Hall–Kier alpha value is 0.180. The molecule has 20 heavy (non-hydrogen) atoms. The third-order valence-corrected chi connectivity index (χ3v) is 7.95. The van der Waals surface area contributed by atoms with Crippen molar-refractivity contribution in [2.45, 2.75) is 50.4 Å². The summed E-state index contributed by atoms with van der Waals surface area (Å²) in [5.41, 5.74) is 0. The van der Waals surface area contributed by atoms with Gasteiger partial charge < -0.3 is 5.32 Å². The highest BCUT2D eigenvalue weighted by molar-refractivity contribution is 8.00. The fraction of sp³-hybridized carbons (Fsp3) is 1.00. The Bertz CT molecular complexity index is 414. The standard InChI is InChI=1S/C13H27N3O2S2/c1-11-12(2)19-9-8-15(11)20(17,18)16-7-5-4-6-13(16)10-14-3/h11-14H,4-10H2,1-3H3. The topological polar surface area (TPSA) is 52.7 Å². The zero-order chi connectivity index (χ0) is 14.8. The molecule has 2 rings (SSSR count). The minimum atomic E-state index is -3.33. The maximum absolute atomic E-state index is 13.0. The van der Waals surface area contributed by atoms with Crippen LogP contribution in [0.2, 0.25) is 0 Å². The van der Waals surface area contributed by atoms with Gasteiger partial charge in [0.1, 0.15) is 0 Å².